The number of nitrogens with zero attached hydrogens (tertiary/aromatic N) is 1. The molecule has 28 heavy (non-hydrogen) atoms. The van der Waals surface area contributed by atoms with Crippen LogP contribution < -0.4 is 15.4 Å². The highest BCUT2D eigenvalue weighted by atomic mass is 16.5. The smallest absolute Gasteiger partial charge is 0.191 e. The molecule has 3 rings (SSSR count). The summed E-state index contributed by atoms with van der Waals surface area (Å²) in [5, 5.41) is 6.77. The Bertz CT molecular complexity index is 800. The topological polar surface area (TPSA) is 54.9 Å². The second-order valence-corrected chi connectivity index (χ2v) is 7.40. The molecular weight excluding hydrogens is 350 g/mol. The van der Waals surface area contributed by atoms with E-state index >= 15 is 0 Å². The first-order valence-electron chi connectivity index (χ1n) is 9.91. The van der Waals surface area contributed by atoms with Crippen molar-refractivity contribution in [1.29, 1.82) is 0 Å². The Morgan fingerprint density at radius 1 is 1.07 bits per heavy atom. The lowest BCUT2D eigenvalue weighted by Crippen LogP contribution is -2.36. The van der Waals surface area contributed by atoms with Gasteiger partial charge in [0.05, 0.1) is 13.2 Å². The van der Waals surface area contributed by atoms with Gasteiger partial charge in [0.15, 0.2) is 5.96 Å². The molecule has 0 unspecified atom stereocenters. The molecule has 5 heteroatoms. The molecule has 5 nitrogen and oxygen atoms in total. The molecule has 0 atom stereocenters. The van der Waals surface area contributed by atoms with E-state index in [0.717, 1.165) is 29.8 Å². The molecular formula is C23H31N3O2. The average molecular weight is 382 g/mol. The molecule has 0 aromatic heterocycles. The monoisotopic (exact) mass is 381 g/mol. The number of methoxy groups -OCH3 is 1. The molecule has 0 aliphatic heterocycles. The van der Waals surface area contributed by atoms with E-state index in [2.05, 4.69) is 65.0 Å². The Morgan fingerprint density at radius 2 is 1.86 bits per heavy atom. The SMILES string of the molecule is CN=C(NCc1cccc(COC)c1)NCc1ccc(C)cc1OCC1CC1. The van der Waals surface area contributed by atoms with Crippen LogP contribution in [0.25, 0.3) is 0 Å². The van der Waals surface area contributed by atoms with Gasteiger partial charge in [-0.15, -0.1) is 0 Å². The van der Waals surface area contributed by atoms with Gasteiger partial charge in [0.2, 0.25) is 0 Å². The number of benzene rings is 2. The predicted molar refractivity (Wildman–Crippen MR) is 114 cm³/mol. The third kappa shape index (κ3) is 6.27. The van der Waals surface area contributed by atoms with Crippen LogP contribution in [0.2, 0.25) is 0 Å². The quantitative estimate of drug-likeness (QED) is 0.512. The van der Waals surface area contributed by atoms with Gasteiger partial charge in [0, 0.05) is 32.8 Å². The van der Waals surface area contributed by atoms with Crippen molar-refractivity contribution in [1.82, 2.24) is 10.6 Å². The summed E-state index contributed by atoms with van der Waals surface area (Å²) in [5.41, 5.74) is 4.73. The Balaban J connectivity index is 1.54. The number of aliphatic imine (C=N–C) groups is 1. The summed E-state index contributed by atoms with van der Waals surface area (Å²) in [4.78, 5) is 4.34. The highest BCUT2D eigenvalue weighted by molar-refractivity contribution is 5.79. The summed E-state index contributed by atoms with van der Waals surface area (Å²) in [6.45, 7) is 4.92. The van der Waals surface area contributed by atoms with Gasteiger partial charge < -0.3 is 20.1 Å². The van der Waals surface area contributed by atoms with E-state index in [-0.39, 0.29) is 0 Å². The fourth-order valence-corrected chi connectivity index (χ4v) is 3.02. The van der Waals surface area contributed by atoms with Crippen LogP contribution in [0.1, 0.15) is 35.1 Å². The average Bonchev–Trinajstić information content (AvgIpc) is 3.53. The molecule has 2 aromatic carbocycles. The first-order valence-corrected chi connectivity index (χ1v) is 9.91. The molecule has 0 bridgehead atoms. The Morgan fingerprint density at radius 3 is 2.61 bits per heavy atom. The molecule has 1 aliphatic carbocycles. The van der Waals surface area contributed by atoms with Crippen molar-refractivity contribution in [3.8, 4) is 5.75 Å². The van der Waals surface area contributed by atoms with Crippen LogP contribution in [-0.2, 0) is 24.4 Å². The van der Waals surface area contributed by atoms with Crippen molar-refractivity contribution in [2.45, 2.75) is 39.5 Å². The van der Waals surface area contributed by atoms with Crippen molar-refractivity contribution in [2.24, 2.45) is 10.9 Å². The fourth-order valence-electron chi connectivity index (χ4n) is 3.02. The summed E-state index contributed by atoms with van der Waals surface area (Å²) in [7, 11) is 3.50. The van der Waals surface area contributed by atoms with E-state index in [0.29, 0.717) is 19.7 Å². The van der Waals surface area contributed by atoms with Crippen LogP contribution in [0.4, 0.5) is 0 Å². The zero-order valence-corrected chi connectivity index (χ0v) is 17.1. The number of aryl methyl sites for hydroxylation is 1. The summed E-state index contributed by atoms with van der Waals surface area (Å²) in [5.74, 6) is 2.48. The molecule has 0 heterocycles. The fraction of sp³-hybridized carbons (Fsp3) is 0.435. The lowest BCUT2D eigenvalue weighted by molar-refractivity contribution is 0.185. The van der Waals surface area contributed by atoms with Gasteiger partial charge in [0.25, 0.3) is 0 Å². The van der Waals surface area contributed by atoms with E-state index in [9.17, 15) is 0 Å². The van der Waals surface area contributed by atoms with E-state index < -0.39 is 0 Å². The van der Waals surface area contributed by atoms with Gasteiger partial charge in [-0.3, -0.25) is 4.99 Å². The highest BCUT2D eigenvalue weighted by Gasteiger charge is 2.22. The number of hydrogen-bond acceptors (Lipinski definition) is 3. The van der Waals surface area contributed by atoms with Crippen molar-refractivity contribution in [3.63, 3.8) is 0 Å². The molecule has 1 aliphatic rings. The van der Waals surface area contributed by atoms with Gasteiger partial charge in [-0.05, 0) is 48.4 Å². The Kier molecular flexibility index (Phi) is 7.31. The van der Waals surface area contributed by atoms with E-state index in [1.54, 1.807) is 14.2 Å². The lowest BCUT2D eigenvalue weighted by Gasteiger charge is -2.16. The zero-order chi connectivity index (χ0) is 19.8. The maximum Gasteiger partial charge on any atom is 0.191 e. The standard InChI is InChI=1S/C23H31N3O2/c1-17-7-10-21(22(11-17)28-16-18-8-9-18)14-26-23(24-2)25-13-19-5-4-6-20(12-19)15-27-3/h4-7,10-12,18H,8-9,13-16H2,1-3H3,(H2,24,25,26). The van der Waals surface area contributed by atoms with Gasteiger partial charge >= 0.3 is 0 Å². The number of ether oxygens (including phenoxy) is 2. The molecule has 0 saturated heterocycles. The second kappa shape index (κ2) is 10.1. The van der Waals surface area contributed by atoms with E-state index in [4.69, 9.17) is 9.47 Å². The summed E-state index contributed by atoms with van der Waals surface area (Å²) < 4.78 is 11.3. The van der Waals surface area contributed by atoms with E-state index in [1.165, 1.54) is 29.5 Å². The second-order valence-electron chi connectivity index (χ2n) is 7.40. The molecule has 2 aromatic rings. The third-order valence-corrected chi connectivity index (χ3v) is 4.83. The zero-order valence-electron chi connectivity index (χ0n) is 17.1. The first kappa shape index (κ1) is 20.2. The summed E-state index contributed by atoms with van der Waals surface area (Å²) >= 11 is 0. The minimum absolute atomic E-state index is 0.623. The maximum absolute atomic E-state index is 6.06. The molecule has 0 amide bonds. The first-order chi connectivity index (χ1) is 13.7. The molecule has 150 valence electrons. The number of rotatable bonds is 9. The van der Waals surface area contributed by atoms with Crippen LogP contribution in [0.3, 0.4) is 0 Å². The third-order valence-electron chi connectivity index (χ3n) is 4.83. The Labute approximate surface area is 168 Å². The van der Waals surface area contributed by atoms with Crippen LogP contribution in [-0.4, -0.2) is 26.7 Å². The summed E-state index contributed by atoms with van der Waals surface area (Å²) in [6, 6.07) is 14.7. The van der Waals surface area contributed by atoms with Gasteiger partial charge in [-0.2, -0.15) is 0 Å². The molecule has 0 radical (unpaired) electrons. The number of guanidine groups is 1. The van der Waals surface area contributed by atoms with Gasteiger partial charge in [-0.25, -0.2) is 0 Å². The van der Waals surface area contributed by atoms with Crippen molar-refractivity contribution < 1.29 is 9.47 Å². The van der Waals surface area contributed by atoms with Crippen LogP contribution in [0, 0.1) is 12.8 Å². The molecule has 1 saturated carbocycles. The predicted octanol–water partition coefficient (Wildman–Crippen LogP) is 3.80. The largest absolute Gasteiger partial charge is 0.493 e. The van der Waals surface area contributed by atoms with Crippen LogP contribution >= 0.6 is 0 Å². The van der Waals surface area contributed by atoms with Crippen LogP contribution in [0.15, 0.2) is 47.5 Å². The molecule has 0 spiro atoms. The van der Waals surface area contributed by atoms with E-state index in [1.807, 2.05) is 0 Å². The summed E-state index contributed by atoms with van der Waals surface area (Å²) in [6.07, 6.45) is 2.59. The van der Waals surface area contributed by atoms with Gasteiger partial charge in [0.1, 0.15) is 5.75 Å². The highest BCUT2D eigenvalue weighted by Crippen LogP contribution is 2.30. The minimum Gasteiger partial charge on any atom is -0.493 e. The van der Waals surface area contributed by atoms with Gasteiger partial charge in [-0.1, -0.05) is 36.4 Å². The van der Waals surface area contributed by atoms with Crippen molar-refractivity contribution in [3.05, 3.63) is 64.7 Å². The minimum atomic E-state index is 0.623. The van der Waals surface area contributed by atoms with Crippen molar-refractivity contribution in [2.75, 3.05) is 20.8 Å². The number of hydrogen-bond donors (Lipinski definition) is 2. The number of nitrogens with one attached hydrogen (secondary N) is 2. The Hall–Kier alpha value is -2.53. The molecule has 1 fully saturated rings. The normalized spacial score (nSPS) is 14.0. The lowest BCUT2D eigenvalue weighted by atomic mass is 10.1. The maximum atomic E-state index is 6.06. The molecule has 2 N–H and O–H groups in total. The van der Waals surface area contributed by atoms with Crippen LogP contribution in [0.5, 0.6) is 5.75 Å². The van der Waals surface area contributed by atoms with Crippen molar-refractivity contribution >= 4 is 5.96 Å².